The van der Waals surface area contributed by atoms with Gasteiger partial charge in [-0.3, -0.25) is 0 Å². The summed E-state index contributed by atoms with van der Waals surface area (Å²) in [6, 6.07) is 3.84. The standard InChI is InChI=1S/C15H11F6NO2/c1-7-23-6-11(24-7)9-5-12(15(19,20)21)22-13-8(9)3-2-4-10(13)14(16,17)18/h2-5,7,11H,6H2,1H3/t7?,11-/m0/s1. The van der Waals surface area contributed by atoms with Gasteiger partial charge in [0.05, 0.1) is 17.7 Å². The summed E-state index contributed by atoms with van der Waals surface area (Å²) in [4.78, 5) is 3.22. The van der Waals surface area contributed by atoms with E-state index in [4.69, 9.17) is 9.47 Å². The van der Waals surface area contributed by atoms with E-state index in [0.29, 0.717) is 12.1 Å². The van der Waals surface area contributed by atoms with E-state index >= 15 is 0 Å². The second-order valence-electron chi connectivity index (χ2n) is 5.32. The molecule has 1 aliphatic heterocycles. The molecule has 2 aromatic rings. The predicted octanol–water partition coefficient (Wildman–Crippen LogP) is 4.71. The van der Waals surface area contributed by atoms with Gasteiger partial charge in [-0.05, 0) is 24.6 Å². The van der Waals surface area contributed by atoms with Gasteiger partial charge in [-0.2, -0.15) is 26.3 Å². The first kappa shape index (κ1) is 17.0. The average molecular weight is 351 g/mol. The van der Waals surface area contributed by atoms with Gasteiger partial charge in [0.1, 0.15) is 11.8 Å². The number of halogens is 6. The molecular weight excluding hydrogens is 340 g/mol. The van der Waals surface area contributed by atoms with Crippen molar-refractivity contribution >= 4 is 10.9 Å². The number of pyridine rings is 1. The highest BCUT2D eigenvalue weighted by Crippen LogP contribution is 2.40. The minimum absolute atomic E-state index is 0.0252. The van der Waals surface area contributed by atoms with Crippen molar-refractivity contribution in [1.29, 1.82) is 0 Å². The summed E-state index contributed by atoms with van der Waals surface area (Å²) in [6.45, 7) is 1.50. The maximum absolute atomic E-state index is 13.1. The van der Waals surface area contributed by atoms with E-state index in [1.807, 2.05) is 0 Å². The summed E-state index contributed by atoms with van der Waals surface area (Å²) >= 11 is 0. The SMILES string of the molecule is CC1OC[C@@H](c2cc(C(F)(F)F)nc3c(C(F)(F)F)cccc23)O1. The van der Waals surface area contributed by atoms with Crippen LogP contribution in [0.15, 0.2) is 24.3 Å². The number of fused-ring (bicyclic) bond motifs is 1. The van der Waals surface area contributed by atoms with Crippen molar-refractivity contribution in [3.8, 4) is 0 Å². The molecule has 1 fully saturated rings. The minimum atomic E-state index is -4.88. The zero-order valence-electron chi connectivity index (χ0n) is 12.2. The minimum Gasteiger partial charge on any atom is -0.350 e. The number of rotatable bonds is 1. The Morgan fingerprint density at radius 1 is 1.08 bits per heavy atom. The van der Waals surface area contributed by atoms with Crippen LogP contribution in [0.2, 0.25) is 0 Å². The van der Waals surface area contributed by atoms with Gasteiger partial charge in [0.2, 0.25) is 0 Å². The van der Waals surface area contributed by atoms with Crippen LogP contribution in [0.25, 0.3) is 10.9 Å². The lowest BCUT2D eigenvalue weighted by molar-refractivity contribution is -0.142. The molecule has 0 radical (unpaired) electrons. The molecule has 0 bridgehead atoms. The monoisotopic (exact) mass is 351 g/mol. The van der Waals surface area contributed by atoms with E-state index in [9.17, 15) is 26.3 Å². The third-order valence-electron chi connectivity index (χ3n) is 3.65. The summed E-state index contributed by atoms with van der Waals surface area (Å²) in [6.07, 6.45) is -11.3. The van der Waals surface area contributed by atoms with Crippen molar-refractivity contribution in [2.24, 2.45) is 0 Å². The highest BCUT2D eigenvalue weighted by molar-refractivity contribution is 5.86. The van der Waals surface area contributed by atoms with Crippen molar-refractivity contribution in [2.45, 2.75) is 31.7 Å². The highest BCUT2D eigenvalue weighted by atomic mass is 19.4. The number of hydrogen-bond donors (Lipinski definition) is 0. The zero-order chi connectivity index (χ0) is 17.7. The molecule has 24 heavy (non-hydrogen) atoms. The second-order valence-corrected chi connectivity index (χ2v) is 5.32. The van der Waals surface area contributed by atoms with E-state index in [2.05, 4.69) is 4.98 Å². The number of nitrogens with zero attached hydrogens (tertiary/aromatic N) is 1. The first-order chi connectivity index (χ1) is 11.1. The quantitative estimate of drug-likeness (QED) is 0.698. The fourth-order valence-electron chi connectivity index (χ4n) is 2.61. The van der Waals surface area contributed by atoms with Crippen molar-refractivity contribution in [2.75, 3.05) is 6.61 Å². The van der Waals surface area contributed by atoms with Crippen LogP contribution in [0, 0.1) is 0 Å². The van der Waals surface area contributed by atoms with Gasteiger partial charge in [-0.25, -0.2) is 4.98 Å². The van der Waals surface area contributed by atoms with Gasteiger partial charge in [0.15, 0.2) is 6.29 Å². The smallest absolute Gasteiger partial charge is 0.350 e. The Hall–Kier alpha value is -1.87. The number of ether oxygens (including phenoxy) is 2. The van der Waals surface area contributed by atoms with Gasteiger partial charge < -0.3 is 9.47 Å². The first-order valence-corrected chi connectivity index (χ1v) is 6.92. The lowest BCUT2D eigenvalue weighted by atomic mass is 10.00. The normalized spacial score (nSPS) is 22.3. The van der Waals surface area contributed by atoms with Crippen molar-refractivity contribution in [1.82, 2.24) is 4.98 Å². The Balaban J connectivity index is 2.30. The molecular formula is C15H11F6NO2. The van der Waals surface area contributed by atoms with Gasteiger partial charge in [-0.1, -0.05) is 12.1 Å². The fraction of sp³-hybridized carbons (Fsp3) is 0.400. The molecule has 2 atom stereocenters. The number of aromatic nitrogens is 1. The van der Waals surface area contributed by atoms with Crippen LogP contribution < -0.4 is 0 Å². The third-order valence-corrected chi connectivity index (χ3v) is 3.65. The molecule has 0 aliphatic carbocycles. The number of benzene rings is 1. The molecule has 0 amide bonds. The van der Waals surface area contributed by atoms with Crippen LogP contribution in [0.3, 0.4) is 0 Å². The van der Waals surface area contributed by atoms with Crippen molar-refractivity contribution < 1.29 is 35.8 Å². The Morgan fingerprint density at radius 2 is 1.79 bits per heavy atom. The summed E-state index contributed by atoms with van der Waals surface area (Å²) in [7, 11) is 0. The third kappa shape index (κ3) is 3.05. The Kier molecular flexibility index (Phi) is 3.95. The maximum Gasteiger partial charge on any atom is 0.433 e. The largest absolute Gasteiger partial charge is 0.433 e. The summed E-state index contributed by atoms with van der Waals surface area (Å²) in [5.74, 6) is 0. The summed E-state index contributed by atoms with van der Waals surface area (Å²) < 4.78 is 89.1. The Bertz CT molecular complexity index is 771. The van der Waals surface area contributed by atoms with Crippen molar-refractivity contribution in [3.05, 3.63) is 41.1 Å². The molecule has 1 saturated heterocycles. The predicted molar refractivity (Wildman–Crippen MR) is 71.0 cm³/mol. The first-order valence-electron chi connectivity index (χ1n) is 6.92. The maximum atomic E-state index is 13.1. The van der Waals surface area contributed by atoms with E-state index in [0.717, 1.165) is 6.07 Å². The summed E-state index contributed by atoms with van der Waals surface area (Å²) in [5, 5.41) is -0.0412. The van der Waals surface area contributed by atoms with Crippen LogP contribution in [0.4, 0.5) is 26.3 Å². The van der Waals surface area contributed by atoms with E-state index in [1.165, 1.54) is 6.07 Å². The van der Waals surface area contributed by atoms with Crippen molar-refractivity contribution in [3.63, 3.8) is 0 Å². The lowest BCUT2D eigenvalue weighted by Crippen LogP contribution is -2.14. The molecule has 130 valence electrons. The van der Waals surface area contributed by atoms with Crippen LogP contribution >= 0.6 is 0 Å². The highest BCUT2D eigenvalue weighted by Gasteiger charge is 2.38. The summed E-state index contributed by atoms with van der Waals surface area (Å²) in [5.41, 5.74) is -3.40. The molecule has 1 unspecified atom stereocenters. The average Bonchev–Trinajstić information content (AvgIpc) is 2.90. The van der Waals surface area contributed by atoms with E-state index in [1.54, 1.807) is 6.92 Å². The number of hydrogen-bond acceptors (Lipinski definition) is 3. The molecule has 3 nitrogen and oxygen atoms in total. The molecule has 9 heteroatoms. The van der Waals surface area contributed by atoms with E-state index < -0.39 is 41.5 Å². The Labute approximate surface area is 132 Å². The molecule has 3 rings (SSSR count). The van der Waals surface area contributed by atoms with Crippen LogP contribution in [-0.2, 0) is 21.8 Å². The van der Waals surface area contributed by atoms with E-state index in [-0.39, 0.29) is 17.6 Å². The molecule has 0 spiro atoms. The Morgan fingerprint density at radius 3 is 2.33 bits per heavy atom. The lowest BCUT2D eigenvalue weighted by Gasteiger charge is -2.18. The van der Waals surface area contributed by atoms with Gasteiger partial charge in [0.25, 0.3) is 0 Å². The molecule has 1 aromatic carbocycles. The molecule has 1 aromatic heterocycles. The molecule has 2 heterocycles. The molecule has 0 N–H and O–H groups in total. The second kappa shape index (κ2) is 5.59. The van der Waals surface area contributed by atoms with Crippen LogP contribution in [0.5, 0.6) is 0 Å². The molecule has 1 aliphatic rings. The number of alkyl halides is 6. The number of para-hydroxylation sites is 1. The van der Waals surface area contributed by atoms with Crippen LogP contribution in [0.1, 0.15) is 29.8 Å². The van der Waals surface area contributed by atoms with Gasteiger partial charge in [0, 0.05) is 5.39 Å². The fourth-order valence-corrected chi connectivity index (χ4v) is 2.61. The topological polar surface area (TPSA) is 31.4 Å². The zero-order valence-corrected chi connectivity index (χ0v) is 12.2. The van der Waals surface area contributed by atoms with Gasteiger partial charge in [-0.15, -0.1) is 0 Å². The van der Waals surface area contributed by atoms with Crippen LogP contribution in [-0.4, -0.2) is 17.9 Å². The molecule has 0 saturated carbocycles. The van der Waals surface area contributed by atoms with Gasteiger partial charge >= 0.3 is 12.4 Å².